The molecule has 1 N–H and O–H groups in total. The third-order valence-electron chi connectivity index (χ3n) is 4.21. The van der Waals surface area contributed by atoms with Crippen LogP contribution >= 0.6 is 23.2 Å². The lowest BCUT2D eigenvalue weighted by atomic mass is 9.92. The zero-order valence-electron chi connectivity index (χ0n) is 13.4. The number of carbonyl (C=O) groups is 1. The van der Waals surface area contributed by atoms with Gasteiger partial charge in [0.15, 0.2) is 6.10 Å². The van der Waals surface area contributed by atoms with E-state index in [0.717, 1.165) is 18.6 Å². The molecular formula is C19H19Cl2NO2. The third-order valence-corrected chi connectivity index (χ3v) is 5.03. The predicted octanol–water partition coefficient (Wildman–Crippen LogP) is 5.28. The van der Waals surface area contributed by atoms with Gasteiger partial charge in [-0.15, -0.1) is 0 Å². The van der Waals surface area contributed by atoms with Gasteiger partial charge in [-0.2, -0.15) is 0 Å². The summed E-state index contributed by atoms with van der Waals surface area (Å²) in [5.41, 5.74) is 3.19. The van der Waals surface area contributed by atoms with Crippen molar-refractivity contribution in [2.45, 2.75) is 38.7 Å². The van der Waals surface area contributed by atoms with Gasteiger partial charge in [0.2, 0.25) is 0 Å². The van der Waals surface area contributed by atoms with Crippen molar-refractivity contribution in [2.24, 2.45) is 0 Å². The van der Waals surface area contributed by atoms with Crippen molar-refractivity contribution in [2.75, 3.05) is 5.32 Å². The van der Waals surface area contributed by atoms with Crippen LogP contribution in [0.1, 0.15) is 30.9 Å². The molecule has 0 spiro atoms. The molecule has 0 radical (unpaired) electrons. The number of anilines is 1. The van der Waals surface area contributed by atoms with Gasteiger partial charge < -0.3 is 10.1 Å². The number of nitrogens with one attached hydrogen (secondary N) is 1. The van der Waals surface area contributed by atoms with Crippen LogP contribution in [0.15, 0.2) is 36.4 Å². The molecule has 2 aromatic rings. The number of hydrogen-bond acceptors (Lipinski definition) is 2. The Morgan fingerprint density at radius 1 is 1.12 bits per heavy atom. The lowest BCUT2D eigenvalue weighted by Gasteiger charge is -2.19. The van der Waals surface area contributed by atoms with E-state index >= 15 is 0 Å². The number of fused-ring (bicyclic) bond motifs is 1. The Kier molecular flexibility index (Phi) is 5.32. The second kappa shape index (κ2) is 7.45. The number of ether oxygens (including phenoxy) is 1. The molecule has 0 saturated heterocycles. The first kappa shape index (κ1) is 17.1. The molecule has 0 aromatic heterocycles. The maximum absolute atomic E-state index is 12.3. The number of rotatable bonds is 4. The molecule has 24 heavy (non-hydrogen) atoms. The minimum Gasteiger partial charge on any atom is -0.481 e. The molecule has 1 atom stereocenters. The van der Waals surface area contributed by atoms with Gasteiger partial charge in [-0.3, -0.25) is 4.79 Å². The topological polar surface area (TPSA) is 38.3 Å². The summed E-state index contributed by atoms with van der Waals surface area (Å²) in [6.45, 7) is 1.72. The summed E-state index contributed by atoms with van der Waals surface area (Å²) in [6, 6.07) is 11.2. The SMILES string of the molecule is C[C@@H](Oc1ccc2c(c1)CCCC2)C(=O)Nc1cccc(Cl)c1Cl. The van der Waals surface area contributed by atoms with Crippen molar-refractivity contribution in [1.29, 1.82) is 0 Å². The summed E-state index contributed by atoms with van der Waals surface area (Å²) < 4.78 is 5.80. The maximum atomic E-state index is 12.3. The van der Waals surface area contributed by atoms with Crippen LogP contribution in [0.5, 0.6) is 5.75 Å². The van der Waals surface area contributed by atoms with Crippen molar-refractivity contribution in [3.05, 3.63) is 57.6 Å². The average molecular weight is 364 g/mol. The van der Waals surface area contributed by atoms with Gasteiger partial charge in [-0.25, -0.2) is 0 Å². The van der Waals surface area contributed by atoms with Crippen LogP contribution in [0, 0.1) is 0 Å². The summed E-state index contributed by atoms with van der Waals surface area (Å²) in [7, 11) is 0. The van der Waals surface area contributed by atoms with E-state index in [2.05, 4.69) is 11.4 Å². The fraction of sp³-hybridized carbons (Fsp3) is 0.316. The maximum Gasteiger partial charge on any atom is 0.265 e. The number of hydrogen-bond donors (Lipinski definition) is 1. The molecule has 0 heterocycles. The Labute approximate surface area is 151 Å². The van der Waals surface area contributed by atoms with Gasteiger partial charge in [0.25, 0.3) is 5.91 Å². The quantitative estimate of drug-likeness (QED) is 0.802. The van der Waals surface area contributed by atoms with Gasteiger partial charge in [-0.1, -0.05) is 35.3 Å². The van der Waals surface area contributed by atoms with Gasteiger partial charge >= 0.3 is 0 Å². The second-order valence-corrected chi connectivity index (χ2v) is 6.77. The standard InChI is InChI=1S/C19H19Cl2NO2/c1-12(19(23)22-17-8-4-7-16(20)18(17)21)24-15-10-9-13-5-2-3-6-14(13)11-15/h4,7-12H,2-3,5-6H2,1H3,(H,22,23)/t12-/m1/s1. The van der Waals surface area contributed by atoms with Crippen LogP contribution in [-0.2, 0) is 17.6 Å². The van der Waals surface area contributed by atoms with Gasteiger partial charge in [0.1, 0.15) is 5.75 Å². The van der Waals surface area contributed by atoms with Crippen molar-refractivity contribution in [3.63, 3.8) is 0 Å². The molecule has 5 heteroatoms. The van der Waals surface area contributed by atoms with Crippen LogP contribution in [0.2, 0.25) is 10.0 Å². The van der Waals surface area contributed by atoms with Crippen molar-refractivity contribution >= 4 is 34.8 Å². The van der Waals surface area contributed by atoms with Crippen LogP contribution in [0.25, 0.3) is 0 Å². The van der Waals surface area contributed by atoms with Crippen LogP contribution in [0.3, 0.4) is 0 Å². The predicted molar refractivity (Wildman–Crippen MR) is 98.3 cm³/mol. The Balaban J connectivity index is 1.67. The molecule has 0 unspecified atom stereocenters. The van der Waals surface area contributed by atoms with Gasteiger partial charge in [-0.05, 0) is 68.0 Å². The lowest BCUT2D eigenvalue weighted by molar-refractivity contribution is -0.122. The molecule has 3 rings (SSSR count). The number of benzene rings is 2. The van der Waals surface area contributed by atoms with E-state index in [1.807, 2.05) is 12.1 Å². The number of halogens is 2. The molecule has 0 fully saturated rings. The zero-order valence-corrected chi connectivity index (χ0v) is 15.0. The normalized spacial score (nSPS) is 14.6. The fourth-order valence-corrected chi connectivity index (χ4v) is 3.22. The van der Waals surface area contributed by atoms with E-state index in [1.54, 1.807) is 25.1 Å². The molecule has 1 aliphatic carbocycles. The van der Waals surface area contributed by atoms with Gasteiger partial charge in [0, 0.05) is 0 Å². The highest BCUT2D eigenvalue weighted by atomic mass is 35.5. The molecule has 0 saturated carbocycles. The minimum atomic E-state index is -0.637. The van der Waals surface area contributed by atoms with E-state index in [9.17, 15) is 4.79 Å². The summed E-state index contributed by atoms with van der Waals surface area (Å²) >= 11 is 12.1. The minimum absolute atomic E-state index is 0.267. The average Bonchev–Trinajstić information content (AvgIpc) is 2.58. The fourth-order valence-electron chi connectivity index (χ4n) is 2.88. The first-order valence-corrected chi connectivity index (χ1v) is 8.83. The Morgan fingerprint density at radius 3 is 2.67 bits per heavy atom. The zero-order chi connectivity index (χ0) is 17.1. The summed E-state index contributed by atoms with van der Waals surface area (Å²) in [6.07, 6.45) is 4.01. The summed E-state index contributed by atoms with van der Waals surface area (Å²) in [5.74, 6) is 0.451. The highest BCUT2D eigenvalue weighted by molar-refractivity contribution is 6.44. The monoisotopic (exact) mass is 363 g/mol. The summed E-state index contributed by atoms with van der Waals surface area (Å²) in [4.78, 5) is 12.3. The van der Waals surface area contributed by atoms with E-state index in [0.29, 0.717) is 15.7 Å². The van der Waals surface area contributed by atoms with Crippen LogP contribution < -0.4 is 10.1 Å². The van der Waals surface area contributed by atoms with E-state index in [4.69, 9.17) is 27.9 Å². The largest absolute Gasteiger partial charge is 0.481 e. The molecule has 0 bridgehead atoms. The number of carbonyl (C=O) groups excluding carboxylic acids is 1. The molecule has 3 nitrogen and oxygen atoms in total. The molecule has 2 aromatic carbocycles. The lowest BCUT2D eigenvalue weighted by Crippen LogP contribution is -2.30. The smallest absolute Gasteiger partial charge is 0.265 e. The van der Waals surface area contributed by atoms with E-state index < -0.39 is 6.10 Å². The third kappa shape index (κ3) is 3.85. The van der Waals surface area contributed by atoms with E-state index in [-0.39, 0.29) is 5.91 Å². The molecular weight excluding hydrogens is 345 g/mol. The summed E-state index contributed by atoms with van der Waals surface area (Å²) in [5, 5.41) is 3.48. The first-order chi connectivity index (χ1) is 11.5. The van der Waals surface area contributed by atoms with Gasteiger partial charge in [0.05, 0.1) is 15.7 Å². The molecule has 1 aliphatic rings. The van der Waals surface area contributed by atoms with Crippen LogP contribution in [0.4, 0.5) is 5.69 Å². The second-order valence-electron chi connectivity index (χ2n) is 5.99. The van der Waals surface area contributed by atoms with Crippen molar-refractivity contribution in [3.8, 4) is 5.75 Å². The molecule has 0 aliphatic heterocycles. The first-order valence-electron chi connectivity index (χ1n) is 8.08. The van der Waals surface area contributed by atoms with Crippen molar-refractivity contribution in [1.82, 2.24) is 0 Å². The van der Waals surface area contributed by atoms with Crippen LogP contribution in [-0.4, -0.2) is 12.0 Å². The Hall–Kier alpha value is -1.71. The Bertz CT molecular complexity index is 761. The Morgan fingerprint density at radius 2 is 1.88 bits per heavy atom. The van der Waals surface area contributed by atoms with E-state index in [1.165, 1.54) is 24.0 Å². The molecule has 126 valence electrons. The van der Waals surface area contributed by atoms with Crippen molar-refractivity contribution < 1.29 is 9.53 Å². The highest BCUT2D eigenvalue weighted by Crippen LogP contribution is 2.30. The molecule has 1 amide bonds. The number of amides is 1. The number of aryl methyl sites for hydroxylation is 2. The highest BCUT2D eigenvalue weighted by Gasteiger charge is 2.18.